The Labute approximate surface area is 195 Å². The largest absolute Gasteiger partial charge is 0.357 e. The number of halogens is 1. The van der Waals surface area contributed by atoms with Crippen LogP contribution in [0.4, 0.5) is 4.79 Å². The van der Waals surface area contributed by atoms with Crippen LogP contribution >= 0.6 is 35.3 Å². The zero-order valence-electron chi connectivity index (χ0n) is 17.5. The van der Waals surface area contributed by atoms with E-state index in [1.54, 1.807) is 4.90 Å². The lowest BCUT2D eigenvalue weighted by Crippen LogP contribution is -2.51. The summed E-state index contributed by atoms with van der Waals surface area (Å²) in [6, 6.07) is 4.87. The molecule has 1 aromatic heterocycles. The van der Waals surface area contributed by atoms with Gasteiger partial charge in [-0.1, -0.05) is 6.07 Å². The molecule has 2 saturated heterocycles. The Morgan fingerprint density at radius 1 is 1.31 bits per heavy atom. The maximum atomic E-state index is 11.3. The van der Waals surface area contributed by atoms with Crippen LogP contribution in [-0.4, -0.2) is 67.6 Å². The Kier molecular flexibility index (Phi) is 9.97. The molecule has 2 fully saturated rings. The highest BCUT2D eigenvalue weighted by Gasteiger charge is 2.31. The van der Waals surface area contributed by atoms with E-state index in [1.165, 1.54) is 17.7 Å². The third-order valence-electron chi connectivity index (χ3n) is 5.82. The van der Waals surface area contributed by atoms with Crippen molar-refractivity contribution in [3.63, 3.8) is 0 Å². The molecule has 9 heteroatoms. The molecule has 164 valence electrons. The summed E-state index contributed by atoms with van der Waals surface area (Å²) in [6.07, 6.45) is 4.25. The first kappa shape index (κ1) is 24.2. The first-order valence-electron chi connectivity index (χ1n) is 10.4. The first-order chi connectivity index (χ1) is 13.6. The number of likely N-dealkylation sites (tertiary alicyclic amines) is 2. The summed E-state index contributed by atoms with van der Waals surface area (Å²) in [5, 5.41) is 9.12. The second kappa shape index (κ2) is 11.9. The molecule has 0 radical (unpaired) electrons. The maximum Gasteiger partial charge on any atom is 0.314 e. The molecule has 1 aromatic rings. The monoisotopic (exact) mass is 534 g/mol. The number of carbonyl (C=O) groups is 1. The van der Waals surface area contributed by atoms with Crippen LogP contribution in [0.2, 0.25) is 0 Å². The highest BCUT2D eigenvalue weighted by molar-refractivity contribution is 14.0. The minimum Gasteiger partial charge on any atom is -0.357 e. The molecule has 2 aliphatic heterocycles. The zero-order chi connectivity index (χ0) is 19.9. The number of urea groups is 1. The molecule has 3 rings (SSSR count). The van der Waals surface area contributed by atoms with Crippen molar-refractivity contribution in [2.45, 2.75) is 44.7 Å². The third-order valence-corrected chi connectivity index (χ3v) is 6.76. The lowest BCUT2D eigenvalue weighted by molar-refractivity contribution is 0.128. The fraction of sp³-hybridized carbons (Fsp3) is 0.700. The van der Waals surface area contributed by atoms with Gasteiger partial charge in [0.2, 0.25) is 0 Å². The van der Waals surface area contributed by atoms with E-state index in [9.17, 15) is 4.79 Å². The van der Waals surface area contributed by atoms with E-state index in [2.05, 4.69) is 47.0 Å². The fourth-order valence-electron chi connectivity index (χ4n) is 4.33. The van der Waals surface area contributed by atoms with Crippen molar-refractivity contribution in [3.05, 3.63) is 22.4 Å². The van der Waals surface area contributed by atoms with Gasteiger partial charge in [0.15, 0.2) is 5.96 Å². The molecule has 29 heavy (non-hydrogen) atoms. The van der Waals surface area contributed by atoms with Crippen molar-refractivity contribution in [3.8, 4) is 0 Å². The van der Waals surface area contributed by atoms with Crippen LogP contribution in [0.5, 0.6) is 0 Å². The quantitative estimate of drug-likeness (QED) is 0.308. The number of nitrogens with two attached hydrogens (primary N) is 1. The Balaban J connectivity index is 0.00000300. The van der Waals surface area contributed by atoms with Crippen molar-refractivity contribution in [2.24, 2.45) is 16.6 Å². The summed E-state index contributed by atoms with van der Waals surface area (Å²) < 4.78 is 0. The van der Waals surface area contributed by atoms with E-state index in [0.717, 1.165) is 38.4 Å². The van der Waals surface area contributed by atoms with Crippen LogP contribution in [0.3, 0.4) is 0 Å². The fourth-order valence-corrected chi connectivity index (χ4v) is 5.31. The molecule has 2 amide bonds. The minimum absolute atomic E-state index is 0. The number of amides is 2. The van der Waals surface area contributed by atoms with Gasteiger partial charge in [0.25, 0.3) is 0 Å². The molecule has 4 N–H and O–H groups in total. The van der Waals surface area contributed by atoms with E-state index in [1.807, 2.05) is 11.3 Å². The second-order valence-electron chi connectivity index (χ2n) is 7.81. The second-order valence-corrected chi connectivity index (χ2v) is 8.79. The molecular formula is C20H35IN6OS. The average molecular weight is 535 g/mol. The summed E-state index contributed by atoms with van der Waals surface area (Å²) >= 11 is 1.85. The highest BCUT2D eigenvalue weighted by atomic mass is 127. The number of rotatable bonds is 5. The van der Waals surface area contributed by atoms with Gasteiger partial charge in [0.05, 0.1) is 0 Å². The number of aliphatic imine (C=N–C) groups is 1. The summed E-state index contributed by atoms with van der Waals surface area (Å²) in [5.41, 5.74) is 5.38. The van der Waals surface area contributed by atoms with Gasteiger partial charge in [-0.3, -0.25) is 9.89 Å². The minimum atomic E-state index is -0.319. The normalized spacial score (nSPS) is 24.1. The lowest BCUT2D eigenvalue weighted by Gasteiger charge is -2.38. The SMILES string of the molecule is CCNC(=NCC1CCCN(C)C1c1cccs1)NC1CCN(C(N)=O)CC1.I. The van der Waals surface area contributed by atoms with Crippen LogP contribution < -0.4 is 16.4 Å². The summed E-state index contributed by atoms with van der Waals surface area (Å²) in [4.78, 5) is 21.9. The smallest absolute Gasteiger partial charge is 0.314 e. The van der Waals surface area contributed by atoms with Crippen molar-refractivity contribution in [2.75, 3.05) is 39.8 Å². The number of thiophene rings is 1. The van der Waals surface area contributed by atoms with Crippen molar-refractivity contribution < 1.29 is 4.79 Å². The van der Waals surface area contributed by atoms with E-state index >= 15 is 0 Å². The Hall–Kier alpha value is -1.07. The van der Waals surface area contributed by atoms with Gasteiger partial charge in [0, 0.05) is 43.1 Å². The Morgan fingerprint density at radius 3 is 2.69 bits per heavy atom. The molecule has 2 aliphatic rings. The van der Waals surface area contributed by atoms with Crippen molar-refractivity contribution >= 4 is 47.3 Å². The van der Waals surface area contributed by atoms with Gasteiger partial charge in [-0.15, -0.1) is 35.3 Å². The van der Waals surface area contributed by atoms with Crippen LogP contribution in [0.25, 0.3) is 0 Å². The molecular weight excluding hydrogens is 499 g/mol. The number of carbonyl (C=O) groups excluding carboxylic acids is 1. The number of nitrogens with one attached hydrogen (secondary N) is 2. The van der Waals surface area contributed by atoms with E-state index < -0.39 is 0 Å². The third kappa shape index (κ3) is 6.71. The average Bonchev–Trinajstić information content (AvgIpc) is 3.21. The van der Waals surface area contributed by atoms with Crippen molar-refractivity contribution in [1.29, 1.82) is 0 Å². The van der Waals surface area contributed by atoms with Crippen molar-refractivity contribution in [1.82, 2.24) is 20.4 Å². The molecule has 2 atom stereocenters. The van der Waals surface area contributed by atoms with Gasteiger partial charge < -0.3 is 21.3 Å². The molecule has 0 spiro atoms. The number of nitrogens with zero attached hydrogens (tertiary/aromatic N) is 3. The van der Waals surface area contributed by atoms with Crippen LogP contribution in [0.15, 0.2) is 22.5 Å². The summed E-state index contributed by atoms with van der Waals surface area (Å²) in [7, 11) is 2.23. The molecule has 7 nitrogen and oxygen atoms in total. The van der Waals surface area contributed by atoms with Crippen LogP contribution in [0.1, 0.15) is 43.5 Å². The number of hydrogen-bond donors (Lipinski definition) is 3. The standard InChI is InChI=1S/C20H34N6OS.HI/c1-3-22-20(24-16-8-11-26(12-9-16)19(21)27)23-14-15-6-4-10-25(2)18(15)17-7-5-13-28-17;/h5,7,13,15-16,18H,3-4,6,8-12,14H2,1-2H3,(H2,21,27)(H2,22,23,24);1H. The first-order valence-corrected chi connectivity index (χ1v) is 11.3. The lowest BCUT2D eigenvalue weighted by atomic mass is 9.88. The maximum absolute atomic E-state index is 11.3. The molecule has 3 heterocycles. The van der Waals surface area contributed by atoms with Gasteiger partial charge in [-0.05, 0) is 63.6 Å². The van der Waals surface area contributed by atoms with Crippen LogP contribution in [-0.2, 0) is 0 Å². The highest BCUT2D eigenvalue weighted by Crippen LogP contribution is 2.37. The van der Waals surface area contributed by atoms with Crippen LogP contribution in [0, 0.1) is 5.92 Å². The predicted octanol–water partition coefficient (Wildman–Crippen LogP) is 2.85. The van der Waals surface area contributed by atoms with E-state index in [-0.39, 0.29) is 30.0 Å². The van der Waals surface area contributed by atoms with E-state index in [0.29, 0.717) is 31.1 Å². The van der Waals surface area contributed by atoms with Gasteiger partial charge in [0.1, 0.15) is 0 Å². The predicted molar refractivity (Wildman–Crippen MR) is 131 cm³/mol. The molecule has 0 bridgehead atoms. The number of primary amides is 1. The number of hydrogen-bond acceptors (Lipinski definition) is 4. The molecule has 0 saturated carbocycles. The Bertz CT molecular complexity index is 647. The Morgan fingerprint density at radius 2 is 2.07 bits per heavy atom. The molecule has 0 aliphatic carbocycles. The number of piperidine rings is 2. The van der Waals surface area contributed by atoms with Gasteiger partial charge in [-0.25, -0.2) is 4.79 Å². The summed E-state index contributed by atoms with van der Waals surface area (Å²) in [6.45, 7) is 6.32. The topological polar surface area (TPSA) is 86.0 Å². The zero-order valence-corrected chi connectivity index (χ0v) is 20.6. The van der Waals surface area contributed by atoms with E-state index in [4.69, 9.17) is 10.7 Å². The van der Waals surface area contributed by atoms with Gasteiger partial charge >= 0.3 is 6.03 Å². The number of guanidine groups is 1. The molecule has 2 unspecified atom stereocenters. The molecule has 0 aromatic carbocycles. The summed E-state index contributed by atoms with van der Waals surface area (Å²) in [5.74, 6) is 1.42. The van der Waals surface area contributed by atoms with Gasteiger partial charge in [-0.2, -0.15) is 0 Å².